The molecule has 2 aromatic heterocycles. The van der Waals surface area contributed by atoms with Crippen LogP contribution >= 0.6 is 0 Å². The average Bonchev–Trinajstić information content (AvgIpc) is 2.85. The van der Waals surface area contributed by atoms with Crippen molar-refractivity contribution in [2.75, 3.05) is 12.4 Å². The number of nitrogens with zero attached hydrogens (tertiary/aromatic N) is 3. The summed E-state index contributed by atoms with van der Waals surface area (Å²) in [5.41, 5.74) is 4.99. The summed E-state index contributed by atoms with van der Waals surface area (Å²) in [5, 5.41) is 4.35. The van der Waals surface area contributed by atoms with E-state index in [1.54, 1.807) is 19.5 Å². The van der Waals surface area contributed by atoms with Crippen molar-refractivity contribution < 1.29 is 4.74 Å². The lowest BCUT2D eigenvalue weighted by Gasteiger charge is -2.12. The Morgan fingerprint density at radius 2 is 1.52 bits per heavy atom. The molecule has 0 aliphatic heterocycles. The molecule has 3 aromatic carbocycles. The van der Waals surface area contributed by atoms with E-state index in [0.29, 0.717) is 5.82 Å². The number of hydrogen-bond donors (Lipinski definition) is 1. The smallest absolute Gasteiger partial charge is 0.163 e. The van der Waals surface area contributed by atoms with Crippen molar-refractivity contribution in [3.05, 3.63) is 97.3 Å². The molecule has 5 rings (SSSR count). The summed E-state index contributed by atoms with van der Waals surface area (Å²) in [6, 6.07) is 28.3. The van der Waals surface area contributed by atoms with Gasteiger partial charge in [-0.2, -0.15) is 0 Å². The third kappa shape index (κ3) is 3.94. The number of hydrogen-bond acceptors (Lipinski definition) is 5. The standard InChI is InChI=1S/C26H20N4O/c1-31-22-13-14-24-23(16-22)26(30-25(29-24)20-8-5-15-27-17-20)28-21-11-9-19(10-12-21)18-6-3-2-4-7-18/h2-17H,1H3,(H,28,29,30). The van der Waals surface area contributed by atoms with E-state index in [4.69, 9.17) is 14.7 Å². The molecule has 0 saturated heterocycles. The predicted molar refractivity (Wildman–Crippen MR) is 124 cm³/mol. The minimum absolute atomic E-state index is 0.620. The summed E-state index contributed by atoms with van der Waals surface area (Å²) in [6.45, 7) is 0. The fraction of sp³-hybridized carbons (Fsp3) is 0.0385. The fourth-order valence-electron chi connectivity index (χ4n) is 3.47. The van der Waals surface area contributed by atoms with Gasteiger partial charge in [0.2, 0.25) is 0 Å². The molecule has 0 spiro atoms. The van der Waals surface area contributed by atoms with E-state index in [1.165, 1.54) is 5.56 Å². The molecule has 0 fully saturated rings. The number of methoxy groups -OCH3 is 1. The lowest BCUT2D eigenvalue weighted by Crippen LogP contribution is -2.00. The van der Waals surface area contributed by atoms with Crippen LogP contribution in [-0.2, 0) is 0 Å². The number of benzene rings is 3. The summed E-state index contributed by atoms with van der Waals surface area (Å²) < 4.78 is 5.41. The molecule has 0 unspecified atom stereocenters. The van der Waals surface area contributed by atoms with Gasteiger partial charge in [0, 0.05) is 29.0 Å². The molecule has 0 saturated carbocycles. The Hall–Kier alpha value is -4.25. The second kappa shape index (κ2) is 8.24. The monoisotopic (exact) mass is 404 g/mol. The highest BCUT2D eigenvalue weighted by Crippen LogP contribution is 2.30. The van der Waals surface area contributed by atoms with Crippen LogP contribution in [0.2, 0.25) is 0 Å². The van der Waals surface area contributed by atoms with Gasteiger partial charge >= 0.3 is 0 Å². The molecular formula is C26H20N4O. The van der Waals surface area contributed by atoms with Gasteiger partial charge in [-0.15, -0.1) is 0 Å². The topological polar surface area (TPSA) is 59.9 Å². The van der Waals surface area contributed by atoms with E-state index in [9.17, 15) is 0 Å². The Labute approximate surface area is 180 Å². The average molecular weight is 404 g/mol. The van der Waals surface area contributed by atoms with Crippen LogP contribution in [0.1, 0.15) is 0 Å². The number of nitrogens with one attached hydrogen (secondary N) is 1. The van der Waals surface area contributed by atoms with Crippen LogP contribution < -0.4 is 10.1 Å². The summed E-state index contributed by atoms with van der Waals surface area (Å²) in [7, 11) is 1.65. The number of pyridine rings is 1. The second-order valence-corrected chi connectivity index (χ2v) is 7.09. The van der Waals surface area contributed by atoms with Crippen LogP contribution in [0.5, 0.6) is 5.75 Å². The first kappa shape index (κ1) is 18.8. The Morgan fingerprint density at radius 1 is 0.742 bits per heavy atom. The zero-order chi connectivity index (χ0) is 21.0. The minimum atomic E-state index is 0.620. The maximum Gasteiger partial charge on any atom is 0.163 e. The molecule has 150 valence electrons. The highest BCUT2D eigenvalue weighted by atomic mass is 16.5. The molecule has 0 aliphatic rings. The van der Waals surface area contributed by atoms with E-state index in [2.05, 4.69) is 46.7 Å². The van der Waals surface area contributed by atoms with Gasteiger partial charge in [-0.3, -0.25) is 4.98 Å². The number of anilines is 2. The zero-order valence-corrected chi connectivity index (χ0v) is 17.0. The zero-order valence-electron chi connectivity index (χ0n) is 17.0. The van der Waals surface area contributed by atoms with Crippen LogP contribution in [0.4, 0.5) is 11.5 Å². The third-order valence-electron chi connectivity index (χ3n) is 5.08. The van der Waals surface area contributed by atoms with Crippen molar-refractivity contribution >= 4 is 22.4 Å². The molecule has 2 heterocycles. The van der Waals surface area contributed by atoms with Crippen molar-refractivity contribution in [1.82, 2.24) is 15.0 Å². The van der Waals surface area contributed by atoms with E-state index in [-0.39, 0.29) is 0 Å². The SMILES string of the molecule is COc1ccc2nc(-c3cccnc3)nc(Nc3ccc(-c4ccccc4)cc3)c2c1. The lowest BCUT2D eigenvalue weighted by molar-refractivity contribution is 0.415. The number of ether oxygens (including phenoxy) is 1. The first-order valence-corrected chi connectivity index (χ1v) is 9.99. The Morgan fingerprint density at radius 3 is 2.26 bits per heavy atom. The molecule has 31 heavy (non-hydrogen) atoms. The number of rotatable bonds is 5. The van der Waals surface area contributed by atoms with E-state index in [0.717, 1.165) is 39.3 Å². The van der Waals surface area contributed by atoms with Crippen molar-refractivity contribution in [3.8, 4) is 28.3 Å². The van der Waals surface area contributed by atoms with Crippen LogP contribution in [0.25, 0.3) is 33.4 Å². The van der Waals surface area contributed by atoms with Gasteiger partial charge in [0.15, 0.2) is 5.82 Å². The van der Waals surface area contributed by atoms with Gasteiger partial charge in [0.25, 0.3) is 0 Å². The molecule has 0 bridgehead atoms. The van der Waals surface area contributed by atoms with Crippen LogP contribution in [0.3, 0.4) is 0 Å². The predicted octanol–water partition coefficient (Wildman–Crippen LogP) is 6.11. The van der Waals surface area contributed by atoms with Gasteiger partial charge in [0.05, 0.1) is 12.6 Å². The van der Waals surface area contributed by atoms with E-state index >= 15 is 0 Å². The Balaban J connectivity index is 1.56. The van der Waals surface area contributed by atoms with Gasteiger partial charge in [-0.25, -0.2) is 9.97 Å². The molecular weight excluding hydrogens is 384 g/mol. The molecule has 0 amide bonds. The van der Waals surface area contributed by atoms with E-state index in [1.807, 2.05) is 48.5 Å². The van der Waals surface area contributed by atoms with Crippen LogP contribution in [-0.4, -0.2) is 22.1 Å². The number of aromatic nitrogens is 3. The second-order valence-electron chi connectivity index (χ2n) is 7.09. The molecule has 5 nitrogen and oxygen atoms in total. The quantitative estimate of drug-likeness (QED) is 0.383. The van der Waals surface area contributed by atoms with Gasteiger partial charge in [-0.1, -0.05) is 42.5 Å². The van der Waals surface area contributed by atoms with Crippen molar-refractivity contribution in [2.45, 2.75) is 0 Å². The molecule has 0 aliphatic carbocycles. The largest absolute Gasteiger partial charge is 0.497 e. The highest BCUT2D eigenvalue weighted by molar-refractivity contribution is 5.93. The van der Waals surface area contributed by atoms with Gasteiger partial charge < -0.3 is 10.1 Å². The van der Waals surface area contributed by atoms with Crippen LogP contribution in [0, 0.1) is 0 Å². The summed E-state index contributed by atoms with van der Waals surface area (Å²) in [5.74, 6) is 2.09. The van der Waals surface area contributed by atoms with E-state index < -0.39 is 0 Å². The van der Waals surface area contributed by atoms with Gasteiger partial charge in [0.1, 0.15) is 11.6 Å². The minimum Gasteiger partial charge on any atom is -0.497 e. The summed E-state index contributed by atoms with van der Waals surface area (Å²) in [4.78, 5) is 13.7. The Bertz CT molecular complexity index is 1320. The third-order valence-corrected chi connectivity index (χ3v) is 5.08. The molecule has 5 heteroatoms. The lowest BCUT2D eigenvalue weighted by atomic mass is 10.1. The molecule has 5 aromatic rings. The first-order chi connectivity index (χ1) is 15.3. The molecule has 1 N–H and O–H groups in total. The van der Waals surface area contributed by atoms with Crippen molar-refractivity contribution in [1.29, 1.82) is 0 Å². The maximum absolute atomic E-state index is 5.41. The summed E-state index contributed by atoms with van der Waals surface area (Å²) >= 11 is 0. The van der Waals surface area contributed by atoms with Gasteiger partial charge in [-0.05, 0) is 53.6 Å². The molecule has 0 atom stereocenters. The highest BCUT2D eigenvalue weighted by Gasteiger charge is 2.11. The van der Waals surface area contributed by atoms with Crippen molar-refractivity contribution in [3.63, 3.8) is 0 Å². The molecule has 0 radical (unpaired) electrons. The maximum atomic E-state index is 5.41. The summed E-state index contributed by atoms with van der Waals surface area (Å²) in [6.07, 6.45) is 3.51. The first-order valence-electron chi connectivity index (χ1n) is 9.99. The Kier molecular flexibility index (Phi) is 4.99. The normalized spacial score (nSPS) is 10.7. The van der Waals surface area contributed by atoms with Crippen molar-refractivity contribution in [2.24, 2.45) is 0 Å². The fourth-order valence-corrected chi connectivity index (χ4v) is 3.47. The van der Waals surface area contributed by atoms with Crippen LogP contribution in [0.15, 0.2) is 97.3 Å². The number of fused-ring (bicyclic) bond motifs is 1.